The van der Waals surface area contributed by atoms with E-state index in [9.17, 15) is 0 Å². The van der Waals surface area contributed by atoms with Gasteiger partial charge in [0.15, 0.2) is 0 Å². The summed E-state index contributed by atoms with van der Waals surface area (Å²) in [7, 11) is 0. The van der Waals surface area contributed by atoms with Crippen molar-refractivity contribution in [1.29, 1.82) is 0 Å². The highest BCUT2D eigenvalue weighted by atomic mass is 15.3. The second kappa shape index (κ2) is 5.37. The summed E-state index contributed by atoms with van der Waals surface area (Å²) in [5.41, 5.74) is 0. The summed E-state index contributed by atoms with van der Waals surface area (Å²) < 4.78 is 2.20. The summed E-state index contributed by atoms with van der Waals surface area (Å²) in [4.78, 5) is 0. The van der Waals surface area contributed by atoms with Gasteiger partial charge in [-0.05, 0) is 26.2 Å². The molecule has 1 aliphatic rings. The highest BCUT2D eigenvalue weighted by Crippen LogP contribution is 2.30. The molecule has 0 aromatic carbocycles. The van der Waals surface area contributed by atoms with Crippen LogP contribution in [0, 0.1) is 0 Å². The molecule has 0 amide bonds. The van der Waals surface area contributed by atoms with Crippen LogP contribution in [0.15, 0.2) is 12.3 Å². The van der Waals surface area contributed by atoms with E-state index in [-0.39, 0.29) is 0 Å². The van der Waals surface area contributed by atoms with Gasteiger partial charge in [-0.2, -0.15) is 5.10 Å². The number of anilines is 1. The maximum absolute atomic E-state index is 4.48. The maximum Gasteiger partial charge on any atom is 0.124 e. The second-order valence-electron chi connectivity index (χ2n) is 4.91. The molecular weight excluding hydrogens is 198 g/mol. The lowest BCUT2D eigenvalue weighted by Crippen LogP contribution is -2.21. The Hall–Kier alpha value is -0.990. The number of rotatable bonds is 4. The third kappa shape index (κ3) is 2.57. The molecule has 1 aromatic heterocycles. The van der Waals surface area contributed by atoms with Crippen molar-refractivity contribution in [3.05, 3.63) is 12.3 Å². The van der Waals surface area contributed by atoms with Gasteiger partial charge < -0.3 is 5.32 Å². The van der Waals surface area contributed by atoms with Gasteiger partial charge in [0.1, 0.15) is 5.82 Å². The van der Waals surface area contributed by atoms with Crippen LogP contribution in [0.2, 0.25) is 0 Å². The Morgan fingerprint density at radius 1 is 1.44 bits per heavy atom. The van der Waals surface area contributed by atoms with Crippen LogP contribution < -0.4 is 5.32 Å². The largest absolute Gasteiger partial charge is 0.368 e. The first-order valence-electron chi connectivity index (χ1n) is 6.61. The maximum atomic E-state index is 4.48. The SMILES string of the molecule is CCC(C)Nc1ccnn1C1CCCCC1. The van der Waals surface area contributed by atoms with Crippen LogP contribution in [0.4, 0.5) is 5.82 Å². The van der Waals surface area contributed by atoms with E-state index in [1.807, 2.05) is 6.20 Å². The molecular formula is C13H23N3. The molecule has 1 saturated carbocycles. The van der Waals surface area contributed by atoms with Crippen molar-refractivity contribution in [2.24, 2.45) is 0 Å². The van der Waals surface area contributed by atoms with Crippen molar-refractivity contribution >= 4 is 5.82 Å². The van der Waals surface area contributed by atoms with Crippen molar-refractivity contribution < 1.29 is 0 Å². The van der Waals surface area contributed by atoms with Gasteiger partial charge in [-0.3, -0.25) is 0 Å². The van der Waals surface area contributed by atoms with Crippen LogP contribution in [-0.4, -0.2) is 15.8 Å². The van der Waals surface area contributed by atoms with E-state index in [1.165, 1.54) is 37.9 Å². The molecule has 1 heterocycles. The summed E-state index contributed by atoms with van der Waals surface area (Å²) in [6.07, 6.45) is 9.75. The van der Waals surface area contributed by atoms with Gasteiger partial charge in [0.2, 0.25) is 0 Å². The molecule has 16 heavy (non-hydrogen) atoms. The minimum atomic E-state index is 0.527. The third-order valence-corrected chi connectivity index (χ3v) is 3.60. The van der Waals surface area contributed by atoms with Gasteiger partial charge in [0.05, 0.1) is 12.2 Å². The van der Waals surface area contributed by atoms with E-state index in [0.717, 1.165) is 6.42 Å². The average molecular weight is 221 g/mol. The lowest BCUT2D eigenvalue weighted by Gasteiger charge is -2.25. The first-order valence-corrected chi connectivity index (χ1v) is 6.61. The Labute approximate surface area is 98.2 Å². The fourth-order valence-corrected chi connectivity index (χ4v) is 2.40. The molecule has 1 N–H and O–H groups in total. The minimum absolute atomic E-state index is 0.527. The van der Waals surface area contributed by atoms with Gasteiger partial charge in [0.25, 0.3) is 0 Å². The molecule has 1 aliphatic carbocycles. The second-order valence-corrected chi connectivity index (χ2v) is 4.91. The molecule has 1 fully saturated rings. The van der Waals surface area contributed by atoms with Crippen molar-refractivity contribution in [3.63, 3.8) is 0 Å². The van der Waals surface area contributed by atoms with Crippen molar-refractivity contribution in [1.82, 2.24) is 9.78 Å². The molecule has 1 atom stereocenters. The summed E-state index contributed by atoms with van der Waals surface area (Å²) >= 11 is 0. The lowest BCUT2D eigenvalue weighted by molar-refractivity contribution is 0.332. The minimum Gasteiger partial charge on any atom is -0.368 e. The molecule has 0 radical (unpaired) electrons. The zero-order valence-electron chi connectivity index (χ0n) is 10.4. The fourth-order valence-electron chi connectivity index (χ4n) is 2.40. The summed E-state index contributed by atoms with van der Waals surface area (Å²) in [5, 5.41) is 8.02. The van der Waals surface area contributed by atoms with Crippen molar-refractivity contribution in [3.8, 4) is 0 Å². The fraction of sp³-hybridized carbons (Fsp3) is 0.769. The highest BCUT2D eigenvalue weighted by Gasteiger charge is 2.18. The summed E-state index contributed by atoms with van der Waals surface area (Å²) in [5.74, 6) is 1.20. The molecule has 3 heteroatoms. The predicted molar refractivity (Wildman–Crippen MR) is 67.7 cm³/mol. The molecule has 0 bridgehead atoms. The van der Waals surface area contributed by atoms with E-state index in [0.29, 0.717) is 12.1 Å². The Morgan fingerprint density at radius 2 is 2.19 bits per heavy atom. The lowest BCUT2D eigenvalue weighted by atomic mass is 9.96. The highest BCUT2D eigenvalue weighted by molar-refractivity contribution is 5.35. The van der Waals surface area contributed by atoms with Crippen LogP contribution in [0.25, 0.3) is 0 Å². The Bertz CT molecular complexity index is 313. The van der Waals surface area contributed by atoms with Crippen LogP contribution in [0.5, 0.6) is 0 Å². The van der Waals surface area contributed by atoms with Crippen molar-refractivity contribution in [2.75, 3.05) is 5.32 Å². The van der Waals surface area contributed by atoms with Crippen LogP contribution in [0.1, 0.15) is 58.4 Å². The zero-order chi connectivity index (χ0) is 11.4. The topological polar surface area (TPSA) is 29.9 Å². The first kappa shape index (κ1) is 11.5. The molecule has 90 valence electrons. The Morgan fingerprint density at radius 3 is 2.88 bits per heavy atom. The average Bonchev–Trinajstić information content (AvgIpc) is 2.78. The molecule has 2 rings (SSSR count). The van der Waals surface area contributed by atoms with Crippen LogP contribution in [-0.2, 0) is 0 Å². The summed E-state index contributed by atoms with van der Waals surface area (Å²) in [6, 6.07) is 3.25. The molecule has 3 nitrogen and oxygen atoms in total. The first-order chi connectivity index (χ1) is 7.81. The standard InChI is InChI=1S/C13H23N3/c1-3-11(2)15-13-9-10-14-16(13)12-7-5-4-6-8-12/h9-12,15H,3-8H2,1-2H3. The molecule has 1 unspecified atom stereocenters. The van der Waals surface area contributed by atoms with Gasteiger partial charge in [-0.25, -0.2) is 4.68 Å². The van der Waals surface area contributed by atoms with Gasteiger partial charge in [-0.15, -0.1) is 0 Å². The normalized spacial score (nSPS) is 19.6. The van der Waals surface area contributed by atoms with Crippen LogP contribution in [0.3, 0.4) is 0 Å². The molecule has 0 aliphatic heterocycles. The number of hydrogen-bond donors (Lipinski definition) is 1. The molecule has 0 saturated heterocycles. The Balaban J connectivity index is 2.05. The van der Waals surface area contributed by atoms with Gasteiger partial charge in [0, 0.05) is 12.1 Å². The van der Waals surface area contributed by atoms with Gasteiger partial charge >= 0.3 is 0 Å². The number of nitrogens with zero attached hydrogens (tertiary/aromatic N) is 2. The van der Waals surface area contributed by atoms with E-state index in [2.05, 4.69) is 35.0 Å². The monoisotopic (exact) mass is 221 g/mol. The zero-order valence-corrected chi connectivity index (χ0v) is 10.4. The van der Waals surface area contributed by atoms with E-state index >= 15 is 0 Å². The van der Waals surface area contributed by atoms with E-state index in [4.69, 9.17) is 0 Å². The predicted octanol–water partition coefficient (Wildman–Crippen LogP) is 3.60. The third-order valence-electron chi connectivity index (χ3n) is 3.60. The molecule has 1 aromatic rings. The van der Waals surface area contributed by atoms with Gasteiger partial charge in [-0.1, -0.05) is 26.2 Å². The van der Waals surface area contributed by atoms with E-state index in [1.54, 1.807) is 0 Å². The smallest absolute Gasteiger partial charge is 0.124 e. The quantitative estimate of drug-likeness (QED) is 0.842. The Kier molecular flexibility index (Phi) is 3.86. The van der Waals surface area contributed by atoms with Crippen LogP contribution >= 0.6 is 0 Å². The number of nitrogens with one attached hydrogen (secondary N) is 1. The number of aromatic nitrogens is 2. The van der Waals surface area contributed by atoms with Crippen molar-refractivity contribution in [2.45, 2.75) is 64.5 Å². The molecule has 0 spiro atoms. The number of hydrogen-bond acceptors (Lipinski definition) is 2. The summed E-state index contributed by atoms with van der Waals surface area (Å²) in [6.45, 7) is 4.43. The van der Waals surface area contributed by atoms with E-state index < -0.39 is 0 Å².